The summed E-state index contributed by atoms with van der Waals surface area (Å²) in [6, 6.07) is 43.1. The Kier molecular flexibility index (Phi) is 11.3. The van der Waals surface area contributed by atoms with Crippen molar-refractivity contribution in [3.63, 3.8) is 0 Å². The highest BCUT2D eigenvalue weighted by Gasteiger charge is 2.06. The average molecular weight is 675 g/mol. The van der Waals surface area contributed by atoms with E-state index in [0.29, 0.717) is 0 Å². The van der Waals surface area contributed by atoms with Gasteiger partial charge in [0.2, 0.25) is 0 Å². The molecule has 4 nitrogen and oxygen atoms in total. The first-order valence-corrected chi connectivity index (χ1v) is 16.4. The summed E-state index contributed by atoms with van der Waals surface area (Å²) in [5, 5.41) is 0. The molecule has 0 bridgehead atoms. The van der Waals surface area contributed by atoms with E-state index in [1.807, 2.05) is 109 Å². The molecule has 0 aromatic heterocycles. The molecule has 0 unspecified atom stereocenters. The standard InChI is InChI=1S/C48H34O4/c1-49-45-21-13-35(14-22-45)5-9-39-29-40(10-6-36-15-23-46(50-2)24-16-36)32-43(31-39)44-33-41(11-7-37-17-25-47(51-3)26-18-37)30-42(34-44)12-8-38-19-27-48(52-4)28-20-38/h13-34H,1-4H3. The van der Waals surface area contributed by atoms with Gasteiger partial charge in [0.15, 0.2) is 0 Å². The normalized spacial score (nSPS) is 9.69. The second-order valence-corrected chi connectivity index (χ2v) is 11.5. The van der Waals surface area contributed by atoms with E-state index in [1.54, 1.807) is 28.4 Å². The molecule has 250 valence electrons. The van der Waals surface area contributed by atoms with E-state index in [9.17, 15) is 0 Å². The summed E-state index contributed by atoms with van der Waals surface area (Å²) in [7, 11) is 6.60. The smallest absolute Gasteiger partial charge is 0.118 e. The molecule has 0 N–H and O–H groups in total. The first-order valence-electron chi connectivity index (χ1n) is 16.4. The van der Waals surface area contributed by atoms with Gasteiger partial charge >= 0.3 is 0 Å². The lowest BCUT2D eigenvalue weighted by Crippen LogP contribution is -1.89. The Labute approximate surface area is 306 Å². The van der Waals surface area contributed by atoms with Gasteiger partial charge in [0, 0.05) is 44.5 Å². The third-order valence-electron chi connectivity index (χ3n) is 7.96. The molecule has 0 aliphatic carbocycles. The molecule has 0 amide bonds. The molecule has 4 heteroatoms. The average Bonchev–Trinajstić information content (AvgIpc) is 3.21. The van der Waals surface area contributed by atoms with Crippen molar-refractivity contribution in [2.75, 3.05) is 28.4 Å². The molecular formula is C48H34O4. The molecule has 0 heterocycles. The van der Waals surface area contributed by atoms with Gasteiger partial charge in [-0.25, -0.2) is 0 Å². The molecule has 0 radical (unpaired) electrons. The van der Waals surface area contributed by atoms with E-state index in [-0.39, 0.29) is 0 Å². The molecule has 0 atom stereocenters. The van der Waals surface area contributed by atoms with Gasteiger partial charge in [-0.15, -0.1) is 0 Å². The lowest BCUT2D eigenvalue weighted by Gasteiger charge is -2.07. The van der Waals surface area contributed by atoms with Crippen molar-refractivity contribution in [3.8, 4) is 81.5 Å². The quantitative estimate of drug-likeness (QED) is 0.171. The minimum Gasteiger partial charge on any atom is -0.497 e. The minimum absolute atomic E-state index is 0.782. The molecule has 0 fully saturated rings. The zero-order chi connectivity index (χ0) is 36.1. The molecule has 0 aliphatic rings. The fourth-order valence-corrected chi connectivity index (χ4v) is 5.15. The van der Waals surface area contributed by atoms with Crippen LogP contribution in [0, 0.1) is 47.4 Å². The van der Waals surface area contributed by atoms with Crippen LogP contribution in [0.2, 0.25) is 0 Å². The summed E-state index contributed by atoms with van der Waals surface area (Å²) >= 11 is 0. The van der Waals surface area contributed by atoms with Crippen molar-refractivity contribution in [1.82, 2.24) is 0 Å². The van der Waals surface area contributed by atoms with Crippen molar-refractivity contribution in [2.24, 2.45) is 0 Å². The lowest BCUT2D eigenvalue weighted by molar-refractivity contribution is 0.414. The van der Waals surface area contributed by atoms with Crippen molar-refractivity contribution in [3.05, 3.63) is 178 Å². The van der Waals surface area contributed by atoms with Crippen LogP contribution in [-0.2, 0) is 0 Å². The molecular weight excluding hydrogens is 641 g/mol. The second-order valence-electron chi connectivity index (χ2n) is 11.5. The Morgan fingerprint density at radius 3 is 0.635 bits per heavy atom. The third-order valence-corrected chi connectivity index (χ3v) is 7.96. The summed E-state index contributed by atoms with van der Waals surface area (Å²) in [4.78, 5) is 0. The fourth-order valence-electron chi connectivity index (χ4n) is 5.15. The molecule has 6 aromatic rings. The minimum atomic E-state index is 0.782. The molecule has 6 aromatic carbocycles. The van der Waals surface area contributed by atoms with Crippen LogP contribution in [0.3, 0.4) is 0 Å². The zero-order valence-electron chi connectivity index (χ0n) is 29.3. The van der Waals surface area contributed by atoms with Crippen LogP contribution in [0.15, 0.2) is 133 Å². The summed E-state index contributed by atoms with van der Waals surface area (Å²) < 4.78 is 21.2. The van der Waals surface area contributed by atoms with Gasteiger partial charge in [-0.1, -0.05) is 47.4 Å². The van der Waals surface area contributed by atoms with Crippen molar-refractivity contribution in [2.45, 2.75) is 0 Å². The Morgan fingerprint density at radius 2 is 0.442 bits per heavy atom. The van der Waals surface area contributed by atoms with E-state index in [0.717, 1.165) is 78.6 Å². The van der Waals surface area contributed by atoms with Crippen LogP contribution in [0.1, 0.15) is 44.5 Å². The zero-order valence-corrected chi connectivity index (χ0v) is 29.3. The highest BCUT2D eigenvalue weighted by molar-refractivity contribution is 5.72. The first kappa shape index (κ1) is 34.6. The highest BCUT2D eigenvalue weighted by atomic mass is 16.5. The van der Waals surface area contributed by atoms with Crippen molar-refractivity contribution >= 4 is 0 Å². The topological polar surface area (TPSA) is 36.9 Å². The van der Waals surface area contributed by atoms with Gasteiger partial charge in [0.1, 0.15) is 23.0 Å². The van der Waals surface area contributed by atoms with Crippen molar-refractivity contribution < 1.29 is 18.9 Å². The lowest BCUT2D eigenvalue weighted by atomic mass is 9.96. The fraction of sp³-hybridized carbons (Fsp3) is 0.0833. The van der Waals surface area contributed by atoms with E-state index in [4.69, 9.17) is 18.9 Å². The predicted molar refractivity (Wildman–Crippen MR) is 208 cm³/mol. The van der Waals surface area contributed by atoms with Crippen LogP contribution in [0.5, 0.6) is 23.0 Å². The first-order chi connectivity index (χ1) is 25.5. The molecule has 0 saturated carbocycles. The summed E-state index contributed by atoms with van der Waals surface area (Å²) in [5.41, 5.74) is 8.71. The summed E-state index contributed by atoms with van der Waals surface area (Å²) in [6.45, 7) is 0. The van der Waals surface area contributed by atoms with Crippen LogP contribution in [0.25, 0.3) is 11.1 Å². The van der Waals surface area contributed by atoms with Gasteiger partial charge in [-0.2, -0.15) is 0 Å². The second kappa shape index (κ2) is 16.9. The molecule has 0 aliphatic heterocycles. The summed E-state index contributed by atoms with van der Waals surface area (Å²) in [5.74, 6) is 29.7. The van der Waals surface area contributed by atoms with Crippen LogP contribution in [0.4, 0.5) is 0 Å². The maximum atomic E-state index is 5.31. The number of ether oxygens (including phenoxy) is 4. The molecule has 52 heavy (non-hydrogen) atoms. The number of hydrogen-bond acceptors (Lipinski definition) is 4. The van der Waals surface area contributed by atoms with Crippen LogP contribution >= 0.6 is 0 Å². The maximum Gasteiger partial charge on any atom is 0.118 e. The SMILES string of the molecule is COc1ccc(C#Cc2cc(C#Cc3ccc(OC)cc3)cc(-c3cc(C#Cc4ccc(OC)cc4)cc(C#Cc4ccc(OC)cc4)c3)c2)cc1. The monoisotopic (exact) mass is 674 g/mol. The van der Waals surface area contributed by atoms with Gasteiger partial charge in [0.25, 0.3) is 0 Å². The Bertz CT molecular complexity index is 2080. The summed E-state index contributed by atoms with van der Waals surface area (Å²) in [6.07, 6.45) is 0. The van der Waals surface area contributed by atoms with E-state index in [1.165, 1.54) is 0 Å². The van der Waals surface area contributed by atoms with Crippen LogP contribution < -0.4 is 18.9 Å². The molecule has 6 rings (SSSR count). The molecule has 0 saturated heterocycles. The van der Waals surface area contributed by atoms with Gasteiger partial charge in [-0.05, 0) is 145 Å². The third kappa shape index (κ3) is 9.47. The van der Waals surface area contributed by atoms with Gasteiger partial charge < -0.3 is 18.9 Å². The number of benzene rings is 6. The predicted octanol–water partition coefficient (Wildman–Crippen LogP) is 8.99. The molecule has 0 spiro atoms. The maximum absolute atomic E-state index is 5.31. The Hall–Kier alpha value is -7.24. The van der Waals surface area contributed by atoms with Gasteiger partial charge in [0.05, 0.1) is 28.4 Å². The van der Waals surface area contributed by atoms with E-state index >= 15 is 0 Å². The van der Waals surface area contributed by atoms with Gasteiger partial charge in [-0.3, -0.25) is 0 Å². The van der Waals surface area contributed by atoms with Crippen molar-refractivity contribution in [1.29, 1.82) is 0 Å². The van der Waals surface area contributed by atoms with Crippen LogP contribution in [-0.4, -0.2) is 28.4 Å². The highest BCUT2D eigenvalue weighted by Crippen LogP contribution is 2.26. The number of hydrogen-bond donors (Lipinski definition) is 0. The Balaban J connectivity index is 1.45. The Morgan fingerprint density at radius 1 is 0.250 bits per heavy atom. The number of methoxy groups -OCH3 is 4. The van der Waals surface area contributed by atoms with E-state index in [2.05, 4.69) is 71.6 Å². The number of rotatable bonds is 5. The van der Waals surface area contributed by atoms with E-state index < -0.39 is 0 Å². The largest absolute Gasteiger partial charge is 0.497 e.